The van der Waals surface area contributed by atoms with Crippen molar-refractivity contribution in [3.05, 3.63) is 0 Å². The Labute approximate surface area is 64.8 Å². The molecule has 5 nitrogen and oxygen atoms in total. The van der Waals surface area contributed by atoms with Crippen molar-refractivity contribution in [3.8, 4) is 0 Å². The van der Waals surface area contributed by atoms with Crippen molar-refractivity contribution < 1.29 is 24.4 Å². The Morgan fingerprint density at radius 2 is 2.09 bits per heavy atom. The highest BCUT2D eigenvalue weighted by Crippen LogP contribution is 1.91. The predicted molar refractivity (Wildman–Crippen MR) is 36.1 cm³/mol. The van der Waals surface area contributed by atoms with Crippen LogP contribution in [0.15, 0.2) is 0 Å². The van der Waals surface area contributed by atoms with Crippen molar-refractivity contribution >= 4 is 6.16 Å². The summed E-state index contributed by atoms with van der Waals surface area (Å²) < 4.78 is 9.05. The van der Waals surface area contributed by atoms with Crippen LogP contribution in [-0.2, 0) is 14.4 Å². The van der Waals surface area contributed by atoms with E-state index in [1.165, 1.54) is 0 Å². The second-order valence-corrected chi connectivity index (χ2v) is 2.10. The first kappa shape index (κ1) is 10.2. The molecule has 0 saturated heterocycles. The van der Waals surface area contributed by atoms with E-state index in [-0.39, 0.29) is 19.3 Å². The molecule has 0 atom stereocenters. The van der Waals surface area contributed by atoms with Crippen molar-refractivity contribution in [1.29, 1.82) is 0 Å². The lowest BCUT2D eigenvalue weighted by atomic mass is 10.5. The molecule has 0 amide bonds. The molecule has 0 heterocycles. The minimum atomic E-state index is -0.753. The highest BCUT2D eigenvalue weighted by Gasteiger charge is 2.04. The fourth-order valence-corrected chi connectivity index (χ4v) is 0.389. The minimum Gasteiger partial charge on any atom is -0.432 e. The SMILES string of the molecule is CC(C)OC(=O)OCCOO. The van der Waals surface area contributed by atoms with Crippen molar-refractivity contribution in [3.63, 3.8) is 0 Å². The first-order valence-corrected chi connectivity index (χ1v) is 3.26. The second-order valence-electron chi connectivity index (χ2n) is 2.10. The van der Waals surface area contributed by atoms with Crippen molar-refractivity contribution in [1.82, 2.24) is 0 Å². The summed E-state index contributed by atoms with van der Waals surface area (Å²) in [5.41, 5.74) is 0. The van der Waals surface area contributed by atoms with Gasteiger partial charge in [0, 0.05) is 0 Å². The van der Waals surface area contributed by atoms with E-state index in [1.807, 2.05) is 0 Å². The van der Waals surface area contributed by atoms with E-state index in [0.29, 0.717) is 0 Å². The van der Waals surface area contributed by atoms with Crippen LogP contribution in [-0.4, -0.2) is 30.7 Å². The van der Waals surface area contributed by atoms with Crippen molar-refractivity contribution in [2.24, 2.45) is 0 Å². The molecular formula is C6H12O5. The predicted octanol–water partition coefficient (Wildman–Crippen LogP) is 1.04. The van der Waals surface area contributed by atoms with Crippen LogP contribution in [0.2, 0.25) is 0 Å². The van der Waals surface area contributed by atoms with Crippen LogP contribution < -0.4 is 0 Å². The molecular weight excluding hydrogens is 152 g/mol. The Morgan fingerprint density at radius 3 is 2.55 bits per heavy atom. The van der Waals surface area contributed by atoms with E-state index in [1.54, 1.807) is 13.8 Å². The summed E-state index contributed by atoms with van der Waals surface area (Å²) in [6.07, 6.45) is -0.949. The lowest BCUT2D eigenvalue weighted by Crippen LogP contribution is -2.15. The molecule has 0 spiro atoms. The van der Waals surface area contributed by atoms with Crippen LogP contribution in [0, 0.1) is 0 Å². The van der Waals surface area contributed by atoms with Crippen LogP contribution in [0.5, 0.6) is 0 Å². The monoisotopic (exact) mass is 164 g/mol. The summed E-state index contributed by atoms with van der Waals surface area (Å²) >= 11 is 0. The molecule has 5 heteroatoms. The smallest absolute Gasteiger partial charge is 0.432 e. The molecule has 66 valence electrons. The van der Waals surface area contributed by atoms with Gasteiger partial charge in [0.05, 0.1) is 6.10 Å². The Kier molecular flexibility index (Phi) is 5.50. The van der Waals surface area contributed by atoms with Gasteiger partial charge in [-0.2, -0.15) is 0 Å². The normalized spacial score (nSPS) is 9.82. The van der Waals surface area contributed by atoms with Gasteiger partial charge in [-0.15, -0.1) is 0 Å². The average molecular weight is 164 g/mol. The van der Waals surface area contributed by atoms with Gasteiger partial charge in [0.25, 0.3) is 0 Å². The van der Waals surface area contributed by atoms with E-state index in [9.17, 15) is 4.79 Å². The van der Waals surface area contributed by atoms with Gasteiger partial charge in [0.1, 0.15) is 13.2 Å². The summed E-state index contributed by atoms with van der Waals surface area (Å²) in [5, 5.41) is 7.83. The molecule has 0 unspecified atom stereocenters. The number of carbonyl (C=O) groups excluding carboxylic acids is 1. The number of rotatable bonds is 4. The molecule has 0 saturated carbocycles. The van der Waals surface area contributed by atoms with Crippen LogP contribution in [0.3, 0.4) is 0 Å². The van der Waals surface area contributed by atoms with E-state index < -0.39 is 6.16 Å². The molecule has 0 aliphatic heterocycles. The molecule has 0 aliphatic rings. The molecule has 0 aliphatic carbocycles. The summed E-state index contributed by atoms with van der Waals surface area (Å²) in [6, 6.07) is 0. The van der Waals surface area contributed by atoms with Crippen LogP contribution in [0.25, 0.3) is 0 Å². The van der Waals surface area contributed by atoms with E-state index in [4.69, 9.17) is 5.26 Å². The fourth-order valence-electron chi connectivity index (χ4n) is 0.389. The van der Waals surface area contributed by atoms with Crippen molar-refractivity contribution in [2.75, 3.05) is 13.2 Å². The minimum absolute atomic E-state index is 0.0119. The summed E-state index contributed by atoms with van der Waals surface area (Å²) in [4.78, 5) is 14.2. The highest BCUT2D eigenvalue weighted by molar-refractivity contribution is 5.59. The Bertz CT molecular complexity index is 112. The zero-order valence-corrected chi connectivity index (χ0v) is 6.57. The van der Waals surface area contributed by atoms with Gasteiger partial charge in [-0.3, -0.25) is 5.26 Å². The third-order valence-electron chi connectivity index (χ3n) is 0.726. The van der Waals surface area contributed by atoms with Gasteiger partial charge in [-0.05, 0) is 13.8 Å². The third-order valence-corrected chi connectivity index (χ3v) is 0.726. The van der Waals surface area contributed by atoms with Crippen molar-refractivity contribution in [2.45, 2.75) is 20.0 Å². The number of ether oxygens (including phenoxy) is 2. The summed E-state index contributed by atoms with van der Waals surface area (Å²) in [6.45, 7) is 3.36. The molecule has 0 bridgehead atoms. The first-order chi connectivity index (χ1) is 5.16. The van der Waals surface area contributed by atoms with Crippen LogP contribution in [0.4, 0.5) is 4.79 Å². The Morgan fingerprint density at radius 1 is 1.45 bits per heavy atom. The van der Waals surface area contributed by atoms with Gasteiger partial charge in [-0.1, -0.05) is 0 Å². The molecule has 1 N–H and O–H groups in total. The van der Waals surface area contributed by atoms with E-state index in [0.717, 1.165) is 0 Å². The number of carbonyl (C=O) groups is 1. The van der Waals surface area contributed by atoms with E-state index in [2.05, 4.69) is 14.4 Å². The second kappa shape index (κ2) is 5.94. The molecule has 0 aromatic rings. The summed E-state index contributed by atoms with van der Waals surface area (Å²) in [5.74, 6) is 0. The topological polar surface area (TPSA) is 65.0 Å². The fraction of sp³-hybridized carbons (Fsp3) is 0.833. The Balaban J connectivity index is 3.23. The molecule has 0 fully saturated rings. The van der Waals surface area contributed by atoms with Gasteiger partial charge in [-0.25, -0.2) is 9.68 Å². The average Bonchev–Trinajstić information content (AvgIpc) is 1.86. The lowest BCUT2D eigenvalue weighted by molar-refractivity contribution is -0.247. The Hall–Kier alpha value is -0.810. The standard InChI is InChI=1S/C6H12O5/c1-5(2)11-6(7)9-3-4-10-8/h5,8H,3-4H2,1-2H3. The quantitative estimate of drug-likeness (QED) is 0.291. The van der Waals surface area contributed by atoms with Gasteiger partial charge < -0.3 is 9.47 Å². The van der Waals surface area contributed by atoms with Gasteiger partial charge in [0.15, 0.2) is 0 Å². The number of hydrogen-bond acceptors (Lipinski definition) is 5. The first-order valence-electron chi connectivity index (χ1n) is 3.26. The largest absolute Gasteiger partial charge is 0.508 e. The van der Waals surface area contributed by atoms with Gasteiger partial charge in [0.2, 0.25) is 0 Å². The van der Waals surface area contributed by atoms with Crippen LogP contribution >= 0.6 is 0 Å². The zero-order chi connectivity index (χ0) is 8.69. The molecule has 0 aromatic heterocycles. The maximum absolute atomic E-state index is 10.5. The van der Waals surface area contributed by atoms with E-state index >= 15 is 0 Å². The maximum Gasteiger partial charge on any atom is 0.508 e. The molecule has 11 heavy (non-hydrogen) atoms. The molecule has 0 radical (unpaired) electrons. The number of hydrogen-bond donors (Lipinski definition) is 1. The van der Waals surface area contributed by atoms with Crippen LogP contribution in [0.1, 0.15) is 13.8 Å². The highest BCUT2D eigenvalue weighted by atomic mass is 17.1. The molecule has 0 rings (SSSR count). The maximum atomic E-state index is 10.5. The lowest BCUT2D eigenvalue weighted by Gasteiger charge is -2.07. The summed E-state index contributed by atoms with van der Waals surface area (Å²) in [7, 11) is 0. The third kappa shape index (κ3) is 7.08. The van der Waals surface area contributed by atoms with Gasteiger partial charge >= 0.3 is 6.16 Å². The molecule has 0 aromatic carbocycles. The zero-order valence-electron chi connectivity index (χ0n) is 6.57.